The molecule has 0 aliphatic carbocycles. The molecule has 0 radical (unpaired) electrons. The second-order valence-corrected chi connectivity index (χ2v) is 4.94. The summed E-state index contributed by atoms with van der Waals surface area (Å²) in [5.41, 5.74) is 5.00. The van der Waals surface area contributed by atoms with E-state index in [1.165, 1.54) is 0 Å². The van der Waals surface area contributed by atoms with Gasteiger partial charge in [0.1, 0.15) is 0 Å². The van der Waals surface area contributed by atoms with Gasteiger partial charge in [0, 0.05) is 25.7 Å². The lowest BCUT2D eigenvalue weighted by Gasteiger charge is -2.16. The highest BCUT2D eigenvalue weighted by Gasteiger charge is 2.12. The first-order valence-electron chi connectivity index (χ1n) is 6.81. The first-order valence-corrected chi connectivity index (χ1v) is 6.81. The van der Waals surface area contributed by atoms with E-state index in [2.05, 4.69) is 10.5 Å². The van der Waals surface area contributed by atoms with Crippen molar-refractivity contribution in [3.05, 3.63) is 41.7 Å². The Kier molecular flexibility index (Phi) is 5.19. The monoisotopic (exact) mass is 290 g/mol. The van der Waals surface area contributed by atoms with Gasteiger partial charge in [-0.05, 0) is 30.2 Å². The lowest BCUT2D eigenvalue weighted by Crippen LogP contribution is -2.38. The standard InChI is InChI=1S/C15H22N4O2/c1-19-7-6-12(18-19)10-13(17-16)8-11-4-5-14(20-2)15(9-11)21-3/h4-7,9,13,17H,8,10,16H2,1-3H3. The Morgan fingerprint density at radius 2 is 1.95 bits per heavy atom. The third kappa shape index (κ3) is 3.96. The van der Waals surface area contributed by atoms with Gasteiger partial charge in [0.2, 0.25) is 0 Å². The maximum absolute atomic E-state index is 5.66. The predicted octanol–water partition coefficient (Wildman–Crippen LogP) is 1.05. The molecule has 3 N–H and O–H groups in total. The van der Waals surface area contributed by atoms with Crippen molar-refractivity contribution in [1.29, 1.82) is 0 Å². The quantitative estimate of drug-likeness (QED) is 0.589. The number of hydrogen-bond donors (Lipinski definition) is 2. The van der Waals surface area contributed by atoms with E-state index in [9.17, 15) is 0 Å². The van der Waals surface area contributed by atoms with E-state index in [4.69, 9.17) is 15.3 Å². The molecule has 0 bridgehead atoms. The normalized spacial score (nSPS) is 12.2. The average molecular weight is 290 g/mol. The van der Waals surface area contributed by atoms with Crippen molar-refractivity contribution in [2.45, 2.75) is 18.9 Å². The van der Waals surface area contributed by atoms with E-state index in [1.54, 1.807) is 18.9 Å². The van der Waals surface area contributed by atoms with Crippen molar-refractivity contribution >= 4 is 0 Å². The number of ether oxygens (including phenoxy) is 2. The summed E-state index contributed by atoms with van der Waals surface area (Å²) in [4.78, 5) is 0. The smallest absolute Gasteiger partial charge is 0.160 e. The summed E-state index contributed by atoms with van der Waals surface area (Å²) in [7, 11) is 5.17. The molecule has 2 rings (SSSR count). The van der Waals surface area contributed by atoms with Crippen LogP contribution in [0, 0.1) is 0 Å². The van der Waals surface area contributed by atoms with Gasteiger partial charge in [-0.1, -0.05) is 6.07 Å². The molecule has 1 heterocycles. The van der Waals surface area contributed by atoms with Gasteiger partial charge in [-0.25, -0.2) is 0 Å². The van der Waals surface area contributed by atoms with Crippen molar-refractivity contribution in [3.8, 4) is 11.5 Å². The number of hydrazine groups is 1. The molecule has 0 aliphatic heterocycles. The molecule has 6 heteroatoms. The number of nitrogens with one attached hydrogen (secondary N) is 1. The zero-order valence-corrected chi connectivity index (χ0v) is 12.7. The summed E-state index contributed by atoms with van der Waals surface area (Å²) in [6, 6.07) is 8.01. The van der Waals surface area contributed by atoms with Gasteiger partial charge in [0.25, 0.3) is 0 Å². The molecule has 0 saturated carbocycles. The van der Waals surface area contributed by atoms with Crippen LogP contribution >= 0.6 is 0 Å². The number of benzene rings is 1. The molecule has 0 amide bonds. The third-order valence-electron chi connectivity index (χ3n) is 3.39. The number of methoxy groups -OCH3 is 2. The Hall–Kier alpha value is -2.05. The van der Waals surface area contributed by atoms with Gasteiger partial charge >= 0.3 is 0 Å². The van der Waals surface area contributed by atoms with Gasteiger partial charge in [-0.2, -0.15) is 5.10 Å². The minimum atomic E-state index is 0.109. The predicted molar refractivity (Wildman–Crippen MR) is 81.3 cm³/mol. The van der Waals surface area contributed by atoms with Crippen molar-refractivity contribution in [3.63, 3.8) is 0 Å². The largest absolute Gasteiger partial charge is 0.493 e. The fraction of sp³-hybridized carbons (Fsp3) is 0.400. The van der Waals surface area contributed by atoms with Gasteiger partial charge < -0.3 is 9.47 Å². The third-order valence-corrected chi connectivity index (χ3v) is 3.39. The van der Waals surface area contributed by atoms with E-state index in [1.807, 2.05) is 37.5 Å². The Morgan fingerprint density at radius 3 is 2.52 bits per heavy atom. The van der Waals surface area contributed by atoms with Crippen LogP contribution in [0.5, 0.6) is 11.5 Å². The maximum Gasteiger partial charge on any atom is 0.160 e. The van der Waals surface area contributed by atoms with Crippen LogP contribution in [-0.4, -0.2) is 30.0 Å². The molecular weight excluding hydrogens is 268 g/mol. The van der Waals surface area contributed by atoms with Crippen molar-refractivity contribution in [2.75, 3.05) is 14.2 Å². The van der Waals surface area contributed by atoms with E-state index >= 15 is 0 Å². The maximum atomic E-state index is 5.66. The number of nitrogens with zero attached hydrogens (tertiary/aromatic N) is 2. The van der Waals surface area contributed by atoms with E-state index in [0.717, 1.165) is 35.6 Å². The summed E-state index contributed by atoms with van der Waals surface area (Å²) >= 11 is 0. The Morgan fingerprint density at radius 1 is 1.19 bits per heavy atom. The van der Waals surface area contributed by atoms with E-state index in [0.29, 0.717) is 0 Å². The SMILES string of the molecule is COc1ccc(CC(Cc2ccn(C)n2)NN)cc1OC. The topological polar surface area (TPSA) is 74.3 Å². The van der Waals surface area contributed by atoms with Crippen LogP contribution < -0.4 is 20.7 Å². The number of rotatable bonds is 7. The van der Waals surface area contributed by atoms with Crippen LogP contribution in [-0.2, 0) is 19.9 Å². The first kappa shape index (κ1) is 15.3. The van der Waals surface area contributed by atoms with Crippen molar-refractivity contribution in [2.24, 2.45) is 12.9 Å². The van der Waals surface area contributed by atoms with Crippen molar-refractivity contribution < 1.29 is 9.47 Å². The van der Waals surface area contributed by atoms with Crippen LogP contribution in [0.4, 0.5) is 0 Å². The van der Waals surface area contributed by atoms with Gasteiger partial charge in [-0.3, -0.25) is 16.0 Å². The van der Waals surface area contributed by atoms with Gasteiger partial charge in [-0.15, -0.1) is 0 Å². The molecule has 1 atom stereocenters. The molecule has 0 aliphatic rings. The second-order valence-electron chi connectivity index (χ2n) is 4.94. The molecule has 1 aromatic carbocycles. The fourth-order valence-corrected chi connectivity index (χ4v) is 2.31. The van der Waals surface area contributed by atoms with Crippen LogP contribution in [0.1, 0.15) is 11.3 Å². The fourth-order valence-electron chi connectivity index (χ4n) is 2.31. The molecule has 0 fully saturated rings. The number of nitrogens with two attached hydrogens (primary N) is 1. The minimum Gasteiger partial charge on any atom is -0.493 e. The summed E-state index contributed by atoms with van der Waals surface area (Å²) < 4.78 is 12.4. The minimum absolute atomic E-state index is 0.109. The van der Waals surface area contributed by atoms with Crippen LogP contribution in [0.2, 0.25) is 0 Å². The molecule has 1 aromatic heterocycles. The van der Waals surface area contributed by atoms with Crippen LogP contribution in [0.25, 0.3) is 0 Å². The van der Waals surface area contributed by atoms with Crippen LogP contribution in [0.3, 0.4) is 0 Å². The Bertz CT molecular complexity index is 583. The molecular formula is C15H22N4O2. The lowest BCUT2D eigenvalue weighted by atomic mass is 10.0. The zero-order chi connectivity index (χ0) is 15.2. The summed E-state index contributed by atoms with van der Waals surface area (Å²) in [5.74, 6) is 7.11. The average Bonchev–Trinajstić information content (AvgIpc) is 2.91. The summed E-state index contributed by atoms with van der Waals surface area (Å²) in [6.07, 6.45) is 3.48. The van der Waals surface area contributed by atoms with Gasteiger partial charge in [0.05, 0.1) is 19.9 Å². The lowest BCUT2D eigenvalue weighted by molar-refractivity contribution is 0.354. The summed E-state index contributed by atoms with van der Waals surface area (Å²) in [6.45, 7) is 0. The highest BCUT2D eigenvalue weighted by Crippen LogP contribution is 2.28. The number of aromatic nitrogens is 2. The first-order chi connectivity index (χ1) is 10.2. The zero-order valence-electron chi connectivity index (χ0n) is 12.7. The van der Waals surface area contributed by atoms with E-state index < -0.39 is 0 Å². The van der Waals surface area contributed by atoms with Crippen LogP contribution in [0.15, 0.2) is 30.5 Å². The highest BCUT2D eigenvalue weighted by atomic mass is 16.5. The van der Waals surface area contributed by atoms with Gasteiger partial charge in [0.15, 0.2) is 11.5 Å². The molecule has 0 spiro atoms. The van der Waals surface area contributed by atoms with E-state index in [-0.39, 0.29) is 6.04 Å². The molecule has 6 nitrogen and oxygen atoms in total. The molecule has 1 unspecified atom stereocenters. The molecule has 114 valence electrons. The highest BCUT2D eigenvalue weighted by molar-refractivity contribution is 5.43. The number of aryl methyl sites for hydroxylation is 1. The number of hydrogen-bond acceptors (Lipinski definition) is 5. The Labute approximate surface area is 124 Å². The second kappa shape index (κ2) is 7.10. The molecule has 0 saturated heterocycles. The molecule has 2 aromatic rings. The Balaban J connectivity index is 2.07. The molecule has 21 heavy (non-hydrogen) atoms. The van der Waals surface area contributed by atoms with Crippen molar-refractivity contribution in [1.82, 2.24) is 15.2 Å². The summed E-state index contributed by atoms with van der Waals surface area (Å²) in [5, 5.41) is 4.38.